The quantitative estimate of drug-likeness (QED) is 0.570. The number of nitrogens with zero attached hydrogens (tertiary/aromatic N) is 1. The molecule has 0 aromatic heterocycles. The highest BCUT2D eigenvalue weighted by molar-refractivity contribution is 9.10. The molecule has 3 rings (SSSR count). The van der Waals surface area contributed by atoms with Crippen molar-refractivity contribution in [3.05, 3.63) is 56.4 Å². The number of halogens is 1. The fourth-order valence-corrected chi connectivity index (χ4v) is 4.60. The number of nitrogens with one attached hydrogen (secondary N) is 1. The predicted octanol–water partition coefficient (Wildman–Crippen LogP) is 4.76. The number of benzene rings is 2. The van der Waals surface area contributed by atoms with Gasteiger partial charge in [-0.1, -0.05) is 18.2 Å². The molecule has 1 fully saturated rings. The lowest BCUT2D eigenvalue weighted by Crippen LogP contribution is -2.36. The third kappa shape index (κ3) is 4.94. The first kappa shape index (κ1) is 22.9. The molecule has 0 saturated carbocycles. The summed E-state index contributed by atoms with van der Waals surface area (Å²) in [5.41, 5.74) is 3.14. The SMILES string of the molecule is COc1cc(/C=C2/SC(=O)N(CC(=O)Nc3c(C)cccc3C)C2=O)cc(Br)c1OC. The summed E-state index contributed by atoms with van der Waals surface area (Å²) in [4.78, 5) is 38.8. The second-order valence-corrected chi connectivity index (χ2v) is 8.67. The molecule has 0 unspecified atom stereocenters. The zero-order valence-electron chi connectivity index (χ0n) is 17.4. The van der Waals surface area contributed by atoms with Crippen LogP contribution in [0.5, 0.6) is 11.5 Å². The van der Waals surface area contributed by atoms with Crippen LogP contribution in [0, 0.1) is 13.8 Å². The van der Waals surface area contributed by atoms with Crippen LogP contribution in [0.3, 0.4) is 0 Å². The summed E-state index contributed by atoms with van der Waals surface area (Å²) >= 11 is 4.20. The van der Waals surface area contributed by atoms with Crippen LogP contribution < -0.4 is 14.8 Å². The van der Waals surface area contributed by atoms with Crippen LogP contribution in [-0.2, 0) is 9.59 Å². The lowest BCUT2D eigenvalue weighted by atomic mass is 10.1. The van der Waals surface area contributed by atoms with Crippen LogP contribution >= 0.6 is 27.7 Å². The van der Waals surface area contributed by atoms with Crippen molar-refractivity contribution in [2.45, 2.75) is 13.8 Å². The molecule has 1 aliphatic heterocycles. The Morgan fingerprint density at radius 2 is 1.84 bits per heavy atom. The number of anilines is 1. The number of carbonyl (C=O) groups is 3. The van der Waals surface area contributed by atoms with Gasteiger partial charge in [-0.2, -0.15) is 0 Å². The minimum absolute atomic E-state index is 0.226. The van der Waals surface area contributed by atoms with E-state index in [1.165, 1.54) is 14.2 Å². The summed E-state index contributed by atoms with van der Waals surface area (Å²) < 4.78 is 11.2. The molecule has 0 atom stereocenters. The summed E-state index contributed by atoms with van der Waals surface area (Å²) in [5, 5.41) is 2.30. The van der Waals surface area contributed by atoms with Gasteiger partial charge in [0.25, 0.3) is 11.1 Å². The van der Waals surface area contributed by atoms with Gasteiger partial charge in [-0.15, -0.1) is 0 Å². The van der Waals surface area contributed by atoms with Crippen LogP contribution in [0.15, 0.2) is 39.7 Å². The summed E-state index contributed by atoms with van der Waals surface area (Å²) in [6, 6.07) is 9.11. The lowest BCUT2D eigenvalue weighted by molar-refractivity contribution is -0.127. The average Bonchev–Trinajstić information content (AvgIpc) is 2.97. The molecule has 0 bridgehead atoms. The number of methoxy groups -OCH3 is 2. The molecule has 1 saturated heterocycles. The molecule has 1 N–H and O–H groups in total. The Balaban J connectivity index is 1.78. The number of thioether (sulfide) groups is 1. The Kier molecular flexibility index (Phi) is 7.07. The minimum atomic E-state index is -0.516. The number of aryl methyl sites for hydroxylation is 2. The Morgan fingerprint density at radius 1 is 1.16 bits per heavy atom. The lowest BCUT2D eigenvalue weighted by Gasteiger charge is -2.15. The fraction of sp³-hybridized carbons (Fsp3) is 0.227. The molecule has 2 aromatic rings. The van der Waals surface area contributed by atoms with Gasteiger partial charge in [-0.25, -0.2) is 0 Å². The van der Waals surface area contributed by atoms with Gasteiger partial charge >= 0.3 is 0 Å². The molecule has 1 aliphatic rings. The molecule has 0 spiro atoms. The molecule has 1 heterocycles. The van der Waals surface area contributed by atoms with Crippen LogP contribution in [0.25, 0.3) is 6.08 Å². The molecule has 0 aliphatic carbocycles. The molecule has 2 aromatic carbocycles. The average molecular weight is 505 g/mol. The zero-order valence-corrected chi connectivity index (χ0v) is 19.8. The maximum absolute atomic E-state index is 12.8. The van der Waals surface area contributed by atoms with Gasteiger partial charge in [0.15, 0.2) is 11.5 Å². The van der Waals surface area contributed by atoms with E-state index in [4.69, 9.17) is 9.47 Å². The maximum Gasteiger partial charge on any atom is 0.294 e. The van der Waals surface area contributed by atoms with Crippen molar-refractivity contribution in [3.63, 3.8) is 0 Å². The summed E-state index contributed by atoms with van der Waals surface area (Å²) in [5.74, 6) is 0.0543. The molecular weight excluding hydrogens is 484 g/mol. The van der Waals surface area contributed by atoms with Gasteiger partial charge in [-0.05, 0) is 76.4 Å². The van der Waals surface area contributed by atoms with Crippen molar-refractivity contribution < 1.29 is 23.9 Å². The predicted molar refractivity (Wildman–Crippen MR) is 124 cm³/mol. The summed E-state index contributed by atoms with van der Waals surface area (Å²) in [6.45, 7) is 3.41. The van der Waals surface area contributed by atoms with E-state index in [-0.39, 0.29) is 11.4 Å². The van der Waals surface area contributed by atoms with E-state index >= 15 is 0 Å². The highest BCUT2D eigenvalue weighted by Crippen LogP contribution is 2.38. The van der Waals surface area contributed by atoms with Gasteiger partial charge in [0, 0.05) is 5.69 Å². The second-order valence-electron chi connectivity index (χ2n) is 6.82. The smallest absolute Gasteiger partial charge is 0.294 e. The second kappa shape index (κ2) is 9.57. The van der Waals surface area contributed by atoms with E-state index in [1.807, 2.05) is 32.0 Å². The fourth-order valence-electron chi connectivity index (χ4n) is 3.14. The normalized spacial score (nSPS) is 14.9. The minimum Gasteiger partial charge on any atom is -0.493 e. The van der Waals surface area contributed by atoms with Crippen molar-refractivity contribution in [2.24, 2.45) is 0 Å². The molecule has 3 amide bonds. The largest absolute Gasteiger partial charge is 0.493 e. The molecule has 31 heavy (non-hydrogen) atoms. The van der Waals surface area contributed by atoms with Gasteiger partial charge in [0.1, 0.15) is 6.54 Å². The van der Waals surface area contributed by atoms with E-state index in [0.29, 0.717) is 27.2 Å². The Hall–Kier alpha value is -2.78. The highest BCUT2D eigenvalue weighted by atomic mass is 79.9. The van der Waals surface area contributed by atoms with E-state index in [9.17, 15) is 14.4 Å². The van der Waals surface area contributed by atoms with Gasteiger partial charge in [0.2, 0.25) is 5.91 Å². The van der Waals surface area contributed by atoms with Crippen LogP contribution in [-0.4, -0.2) is 42.7 Å². The number of ether oxygens (including phenoxy) is 2. The number of carbonyl (C=O) groups excluding carboxylic acids is 3. The number of hydrogen-bond acceptors (Lipinski definition) is 6. The van der Waals surface area contributed by atoms with Gasteiger partial charge < -0.3 is 14.8 Å². The van der Waals surface area contributed by atoms with Crippen LogP contribution in [0.2, 0.25) is 0 Å². The number of rotatable bonds is 6. The van der Waals surface area contributed by atoms with E-state index < -0.39 is 17.1 Å². The van der Waals surface area contributed by atoms with Crippen molar-refractivity contribution in [1.29, 1.82) is 0 Å². The number of imide groups is 1. The standard InChI is InChI=1S/C22H21BrN2O5S/c1-12-6-5-7-13(2)19(12)24-18(26)11-25-21(27)17(31-22(25)28)10-14-8-15(23)20(30-4)16(9-14)29-3/h5-10H,11H2,1-4H3,(H,24,26)/b17-10+. The first-order valence-electron chi connectivity index (χ1n) is 9.28. The van der Waals surface area contributed by atoms with E-state index in [2.05, 4.69) is 21.2 Å². The van der Waals surface area contributed by atoms with Crippen molar-refractivity contribution in [3.8, 4) is 11.5 Å². The molecular formula is C22H21BrN2O5S. The van der Waals surface area contributed by atoms with Crippen molar-refractivity contribution >= 4 is 56.5 Å². The molecule has 162 valence electrons. The molecule has 0 radical (unpaired) electrons. The van der Waals surface area contributed by atoms with Crippen molar-refractivity contribution in [2.75, 3.05) is 26.1 Å². The first-order valence-corrected chi connectivity index (χ1v) is 10.9. The highest BCUT2D eigenvalue weighted by Gasteiger charge is 2.36. The topological polar surface area (TPSA) is 84.9 Å². The Bertz CT molecular complexity index is 1080. The third-order valence-corrected chi connectivity index (χ3v) is 6.17. The Morgan fingerprint density at radius 3 is 2.45 bits per heavy atom. The van der Waals surface area contributed by atoms with Crippen molar-refractivity contribution in [1.82, 2.24) is 4.90 Å². The van der Waals surface area contributed by atoms with Gasteiger partial charge in [0.05, 0.1) is 23.6 Å². The zero-order chi connectivity index (χ0) is 22.7. The van der Waals surface area contributed by atoms with E-state index in [1.54, 1.807) is 18.2 Å². The molecule has 7 nitrogen and oxygen atoms in total. The van der Waals surface area contributed by atoms with E-state index in [0.717, 1.165) is 27.8 Å². The monoisotopic (exact) mass is 504 g/mol. The summed E-state index contributed by atoms with van der Waals surface area (Å²) in [7, 11) is 3.04. The Labute approximate surface area is 192 Å². The molecule has 9 heteroatoms. The summed E-state index contributed by atoms with van der Waals surface area (Å²) in [6.07, 6.45) is 1.58. The number of para-hydroxylation sites is 1. The van der Waals surface area contributed by atoms with Crippen LogP contribution in [0.1, 0.15) is 16.7 Å². The first-order chi connectivity index (χ1) is 14.7. The number of amides is 3. The van der Waals surface area contributed by atoms with Gasteiger partial charge in [-0.3, -0.25) is 19.3 Å². The third-order valence-electron chi connectivity index (χ3n) is 4.67. The van der Waals surface area contributed by atoms with Crippen LogP contribution in [0.4, 0.5) is 10.5 Å². The number of hydrogen-bond donors (Lipinski definition) is 1. The maximum atomic E-state index is 12.8.